The van der Waals surface area contributed by atoms with Crippen LogP contribution in [0.3, 0.4) is 0 Å². The Morgan fingerprint density at radius 1 is 1.16 bits per heavy atom. The van der Waals surface area contributed by atoms with Crippen molar-refractivity contribution >= 4 is 5.91 Å². The SMILES string of the molecule is CCOCCN(CCOCC)C(=O)CC1(N)CCC1. The first-order chi connectivity index (χ1) is 9.11. The predicted octanol–water partition coefficient (Wildman–Crippen LogP) is 1.16. The zero-order valence-electron chi connectivity index (χ0n) is 12.3. The Morgan fingerprint density at radius 3 is 2.05 bits per heavy atom. The van der Waals surface area contributed by atoms with E-state index < -0.39 is 0 Å². The van der Waals surface area contributed by atoms with E-state index in [4.69, 9.17) is 15.2 Å². The van der Waals surface area contributed by atoms with Gasteiger partial charge in [-0.1, -0.05) is 0 Å². The molecule has 2 N–H and O–H groups in total. The van der Waals surface area contributed by atoms with E-state index in [1.165, 1.54) is 0 Å². The van der Waals surface area contributed by atoms with Crippen molar-refractivity contribution in [3.05, 3.63) is 0 Å². The monoisotopic (exact) mass is 272 g/mol. The van der Waals surface area contributed by atoms with E-state index in [2.05, 4.69) is 0 Å². The highest BCUT2D eigenvalue weighted by Crippen LogP contribution is 2.32. The van der Waals surface area contributed by atoms with Crippen LogP contribution in [-0.4, -0.2) is 55.9 Å². The van der Waals surface area contributed by atoms with E-state index in [0.717, 1.165) is 19.3 Å². The number of carbonyl (C=O) groups excluding carboxylic acids is 1. The molecule has 1 aliphatic rings. The Hall–Kier alpha value is -0.650. The summed E-state index contributed by atoms with van der Waals surface area (Å²) in [5, 5.41) is 0. The van der Waals surface area contributed by atoms with E-state index in [1.54, 1.807) is 0 Å². The fraction of sp³-hybridized carbons (Fsp3) is 0.929. The van der Waals surface area contributed by atoms with E-state index in [-0.39, 0.29) is 11.4 Å². The number of nitrogens with zero attached hydrogens (tertiary/aromatic N) is 1. The number of amides is 1. The summed E-state index contributed by atoms with van der Waals surface area (Å²) in [6, 6.07) is 0. The van der Waals surface area contributed by atoms with Gasteiger partial charge in [-0.05, 0) is 33.1 Å². The molecule has 1 amide bonds. The number of nitrogens with two attached hydrogens (primary N) is 1. The summed E-state index contributed by atoms with van der Waals surface area (Å²) in [6.45, 7) is 7.65. The van der Waals surface area contributed by atoms with Crippen LogP contribution in [0.25, 0.3) is 0 Å². The van der Waals surface area contributed by atoms with Crippen molar-refractivity contribution in [2.45, 2.75) is 45.1 Å². The van der Waals surface area contributed by atoms with Crippen LogP contribution >= 0.6 is 0 Å². The van der Waals surface area contributed by atoms with Gasteiger partial charge in [0.15, 0.2) is 0 Å². The molecule has 1 rings (SSSR count). The molecule has 0 heterocycles. The maximum Gasteiger partial charge on any atom is 0.224 e. The molecule has 0 atom stereocenters. The topological polar surface area (TPSA) is 64.8 Å². The van der Waals surface area contributed by atoms with Crippen molar-refractivity contribution < 1.29 is 14.3 Å². The molecule has 19 heavy (non-hydrogen) atoms. The van der Waals surface area contributed by atoms with Gasteiger partial charge in [0, 0.05) is 38.3 Å². The van der Waals surface area contributed by atoms with Gasteiger partial charge in [0.05, 0.1) is 13.2 Å². The maximum absolute atomic E-state index is 12.3. The molecule has 0 spiro atoms. The molecule has 1 saturated carbocycles. The fourth-order valence-electron chi connectivity index (χ4n) is 2.22. The third-order valence-electron chi connectivity index (χ3n) is 3.62. The van der Waals surface area contributed by atoms with Gasteiger partial charge in [-0.15, -0.1) is 0 Å². The molecule has 0 aliphatic heterocycles. The summed E-state index contributed by atoms with van der Waals surface area (Å²) < 4.78 is 10.6. The van der Waals surface area contributed by atoms with Crippen molar-refractivity contribution in [1.82, 2.24) is 4.90 Å². The number of hydrogen-bond donors (Lipinski definition) is 1. The standard InChI is InChI=1S/C14H28N2O3/c1-3-18-10-8-16(9-11-19-4-2)13(17)12-14(15)6-5-7-14/h3-12,15H2,1-2H3. The number of rotatable bonds is 10. The van der Waals surface area contributed by atoms with Crippen LogP contribution in [0.4, 0.5) is 0 Å². The second kappa shape index (κ2) is 8.51. The first kappa shape index (κ1) is 16.4. The van der Waals surface area contributed by atoms with Crippen LogP contribution in [0.5, 0.6) is 0 Å². The summed E-state index contributed by atoms with van der Waals surface area (Å²) in [7, 11) is 0. The van der Waals surface area contributed by atoms with Gasteiger partial charge in [-0.25, -0.2) is 0 Å². The molecular weight excluding hydrogens is 244 g/mol. The van der Waals surface area contributed by atoms with Crippen molar-refractivity contribution in [3.8, 4) is 0 Å². The highest BCUT2D eigenvalue weighted by molar-refractivity contribution is 5.77. The Labute approximate surface area is 116 Å². The fourth-order valence-corrected chi connectivity index (χ4v) is 2.22. The summed E-state index contributed by atoms with van der Waals surface area (Å²) >= 11 is 0. The van der Waals surface area contributed by atoms with Gasteiger partial charge in [-0.2, -0.15) is 0 Å². The molecule has 112 valence electrons. The smallest absolute Gasteiger partial charge is 0.224 e. The quantitative estimate of drug-likeness (QED) is 0.606. The largest absolute Gasteiger partial charge is 0.380 e. The van der Waals surface area contributed by atoms with E-state index >= 15 is 0 Å². The van der Waals surface area contributed by atoms with Gasteiger partial charge in [-0.3, -0.25) is 4.79 Å². The maximum atomic E-state index is 12.3. The third kappa shape index (κ3) is 5.89. The van der Waals surface area contributed by atoms with Crippen LogP contribution in [0.15, 0.2) is 0 Å². The van der Waals surface area contributed by atoms with Crippen LogP contribution in [0.2, 0.25) is 0 Å². The minimum absolute atomic E-state index is 0.126. The van der Waals surface area contributed by atoms with Gasteiger partial charge < -0.3 is 20.1 Å². The van der Waals surface area contributed by atoms with E-state index in [1.807, 2.05) is 18.7 Å². The van der Waals surface area contributed by atoms with Crippen LogP contribution in [0.1, 0.15) is 39.5 Å². The molecule has 0 unspecified atom stereocenters. The molecule has 0 bridgehead atoms. The minimum atomic E-state index is -0.257. The van der Waals surface area contributed by atoms with Gasteiger partial charge in [0.25, 0.3) is 0 Å². The van der Waals surface area contributed by atoms with Crippen molar-refractivity contribution in [1.29, 1.82) is 0 Å². The minimum Gasteiger partial charge on any atom is -0.380 e. The van der Waals surface area contributed by atoms with Gasteiger partial charge in [0.1, 0.15) is 0 Å². The van der Waals surface area contributed by atoms with Crippen molar-refractivity contribution in [2.24, 2.45) is 5.73 Å². The molecule has 0 saturated heterocycles. The molecule has 5 nitrogen and oxygen atoms in total. The summed E-state index contributed by atoms with van der Waals surface area (Å²) in [5.41, 5.74) is 5.88. The Morgan fingerprint density at radius 2 is 1.68 bits per heavy atom. The van der Waals surface area contributed by atoms with E-state index in [0.29, 0.717) is 45.9 Å². The third-order valence-corrected chi connectivity index (χ3v) is 3.62. The molecule has 0 aromatic rings. The zero-order valence-corrected chi connectivity index (χ0v) is 12.3. The summed E-state index contributed by atoms with van der Waals surface area (Å²) in [6.07, 6.45) is 3.51. The second-order valence-corrected chi connectivity index (χ2v) is 5.17. The molecule has 5 heteroatoms. The van der Waals surface area contributed by atoms with Crippen molar-refractivity contribution in [2.75, 3.05) is 39.5 Å². The Bertz CT molecular complexity index is 257. The summed E-state index contributed by atoms with van der Waals surface area (Å²) in [5.74, 6) is 0.126. The number of ether oxygens (including phenoxy) is 2. The average molecular weight is 272 g/mol. The van der Waals surface area contributed by atoms with Crippen molar-refractivity contribution in [3.63, 3.8) is 0 Å². The lowest BCUT2D eigenvalue weighted by Crippen LogP contribution is -2.51. The number of carbonyl (C=O) groups is 1. The lowest BCUT2D eigenvalue weighted by molar-refractivity contribution is -0.134. The molecule has 0 aromatic heterocycles. The Kier molecular flexibility index (Phi) is 7.34. The van der Waals surface area contributed by atoms with Crippen LogP contribution < -0.4 is 5.73 Å². The molecule has 1 aliphatic carbocycles. The molecule has 1 fully saturated rings. The zero-order chi connectivity index (χ0) is 14.1. The van der Waals surface area contributed by atoms with Crippen LogP contribution in [-0.2, 0) is 14.3 Å². The predicted molar refractivity (Wildman–Crippen MR) is 75.0 cm³/mol. The first-order valence-corrected chi connectivity index (χ1v) is 7.33. The summed E-state index contributed by atoms with van der Waals surface area (Å²) in [4.78, 5) is 14.1. The first-order valence-electron chi connectivity index (χ1n) is 7.33. The average Bonchev–Trinajstić information content (AvgIpc) is 2.35. The second-order valence-electron chi connectivity index (χ2n) is 5.17. The van der Waals surface area contributed by atoms with E-state index in [9.17, 15) is 4.79 Å². The molecular formula is C14H28N2O3. The Balaban J connectivity index is 2.38. The lowest BCUT2D eigenvalue weighted by Gasteiger charge is -2.39. The van der Waals surface area contributed by atoms with Crippen LogP contribution in [0, 0.1) is 0 Å². The highest BCUT2D eigenvalue weighted by Gasteiger charge is 2.35. The highest BCUT2D eigenvalue weighted by atomic mass is 16.5. The normalized spacial score (nSPS) is 17.0. The molecule has 0 radical (unpaired) electrons. The molecule has 0 aromatic carbocycles. The number of hydrogen-bond acceptors (Lipinski definition) is 4. The lowest BCUT2D eigenvalue weighted by atomic mass is 9.75. The van der Waals surface area contributed by atoms with Gasteiger partial charge >= 0.3 is 0 Å². The van der Waals surface area contributed by atoms with Gasteiger partial charge in [0.2, 0.25) is 5.91 Å².